The lowest BCUT2D eigenvalue weighted by atomic mass is 10.1. The second-order valence-electron chi connectivity index (χ2n) is 4.32. The number of carbonyl (C=O) groups excluding carboxylic acids is 1. The van der Waals surface area contributed by atoms with Crippen LogP contribution in [-0.4, -0.2) is 39.5 Å². The van der Waals surface area contributed by atoms with Crippen molar-refractivity contribution in [3.8, 4) is 0 Å². The molecular weight excluding hydrogens is 232 g/mol. The fourth-order valence-corrected chi connectivity index (χ4v) is 1.56. The maximum absolute atomic E-state index is 10.8. The first-order chi connectivity index (χ1) is 8.81. The average Bonchev–Trinajstić information content (AvgIpc) is 2.39. The van der Waals surface area contributed by atoms with Crippen LogP contribution < -0.4 is 0 Å². The Morgan fingerprint density at radius 1 is 0.833 bits per heavy atom. The molecule has 18 heavy (non-hydrogen) atoms. The molecule has 0 atom stereocenters. The van der Waals surface area contributed by atoms with Gasteiger partial charge in [-0.15, -0.1) is 0 Å². The predicted octanol–water partition coefficient (Wildman–Crippen LogP) is 2.94. The first kappa shape index (κ1) is 17.4. The summed E-state index contributed by atoms with van der Waals surface area (Å²) in [6, 6.07) is 0. The van der Waals surface area contributed by atoms with Crippen molar-refractivity contribution in [3.63, 3.8) is 0 Å². The summed E-state index contributed by atoms with van der Waals surface area (Å²) < 4.78 is 15.2. The van der Waals surface area contributed by atoms with Gasteiger partial charge in [-0.05, 0) is 6.42 Å². The minimum atomic E-state index is -0.233. The summed E-state index contributed by atoms with van der Waals surface area (Å²) >= 11 is 0. The second-order valence-corrected chi connectivity index (χ2v) is 4.32. The molecule has 0 saturated heterocycles. The molecule has 0 radical (unpaired) electrons. The van der Waals surface area contributed by atoms with E-state index in [2.05, 4.69) is 11.7 Å². The van der Waals surface area contributed by atoms with E-state index in [4.69, 9.17) is 9.47 Å². The standard InChI is InChI=1S/C14H28O4/c1-3-4-5-6-7-8-10-17-12-13-18-11-9-14(15)16-2/h3-13H2,1-2H3. The molecule has 0 rings (SSSR count). The van der Waals surface area contributed by atoms with Gasteiger partial charge >= 0.3 is 5.97 Å². The Labute approximate surface area is 111 Å². The third-order valence-electron chi connectivity index (χ3n) is 2.69. The van der Waals surface area contributed by atoms with E-state index in [1.54, 1.807) is 0 Å². The highest BCUT2D eigenvalue weighted by Gasteiger charge is 1.98. The number of unbranched alkanes of at least 4 members (excludes halogenated alkanes) is 5. The smallest absolute Gasteiger partial charge is 0.307 e. The molecule has 0 aromatic rings. The highest BCUT2D eigenvalue weighted by atomic mass is 16.5. The van der Waals surface area contributed by atoms with Crippen molar-refractivity contribution in [1.82, 2.24) is 0 Å². The Balaban J connectivity index is 2.97. The molecule has 0 N–H and O–H groups in total. The van der Waals surface area contributed by atoms with E-state index in [0.717, 1.165) is 13.0 Å². The van der Waals surface area contributed by atoms with Gasteiger partial charge < -0.3 is 14.2 Å². The van der Waals surface area contributed by atoms with Crippen molar-refractivity contribution < 1.29 is 19.0 Å². The molecule has 0 bridgehead atoms. The molecule has 0 aliphatic carbocycles. The van der Waals surface area contributed by atoms with Crippen molar-refractivity contribution in [2.24, 2.45) is 0 Å². The summed E-state index contributed by atoms with van der Waals surface area (Å²) in [5, 5.41) is 0. The quantitative estimate of drug-likeness (QED) is 0.377. The Hall–Kier alpha value is -0.610. The fourth-order valence-electron chi connectivity index (χ4n) is 1.56. The Kier molecular flexibility index (Phi) is 14.0. The maximum atomic E-state index is 10.8. The Morgan fingerprint density at radius 3 is 2.11 bits per heavy atom. The zero-order valence-electron chi connectivity index (χ0n) is 11.9. The van der Waals surface area contributed by atoms with Crippen LogP contribution in [0.2, 0.25) is 0 Å². The van der Waals surface area contributed by atoms with Crippen LogP contribution in [0.3, 0.4) is 0 Å². The lowest BCUT2D eigenvalue weighted by Gasteiger charge is -2.05. The average molecular weight is 260 g/mol. The molecular formula is C14H28O4. The van der Waals surface area contributed by atoms with Gasteiger partial charge in [0.05, 0.1) is 33.4 Å². The molecule has 0 aliphatic heterocycles. The number of hydrogen-bond donors (Lipinski definition) is 0. The number of methoxy groups -OCH3 is 1. The summed E-state index contributed by atoms with van der Waals surface area (Å²) in [6.45, 7) is 4.60. The summed E-state index contributed by atoms with van der Waals surface area (Å²) in [5.74, 6) is -0.233. The molecule has 0 heterocycles. The van der Waals surface area contributed by atoms with E-state index in [0.29, 0.717) is 26.2 Å². The molecule has 4 heteroatoms. The predicted molar refractivity (Wildman–Crippen MR) is 71.6 cm³/mol. The number of hydrogen-bond acceptors (Lipinski definition) is 4. The zero-order chi connectivity index (χ0) is 13.5. The number of carbonyl (C=O) groups is 1. The van der Waals surface area contributed by atoms with Crippen LogP contribution in [0.1, 0.15) is 51.9 Å². The third kappa shape index (κ3) is 13.5. The van der Waals surface area contributed by atoms with Crippen LogP contribution in [-0.2, 0) is 19.0 Å². The summed E-state index contributed by atoms with van der Waals surface area (Å²) in [7, 11) is 1.38. The summed E-state index contributed by atoms with van der Waals surface area (Å²) in [5.41, 5.74) is 0. The second kappa shape index (κ2) is 14.5. The monoisotopic (exact) mass is 260 g/mol. The van der Waals surface area contributed by atoms with E-state index in [1.807, 2.05) is 0 Å². The summed E-state index contributed by atoms with van der Waals surface area (Å²) in [4.78, 5) is 10.8. The minimum Gasteiger partial charge on any atom is -0.469 e. The maximum Gasteiger partial charge on any atom is 0.307 e. The zero-order valence-corrected chi connectivity index (χ0v) is 11.9. The SMILES string of the molecule is CCCCCCCCOCCOCCC(=O)OC. The topological polar surface area (TPSA) is 44.8 Å². The first-order valence-electron chi connectivity index (χ1n) is 7.03. The Morgan fingerprint density at radius 2 is 1.44 bits per heavy atom. The van der Waals surface area contributed by atoms with Crippen molar-refractivity contribution in [2.45, 2.75) is 51.9 Å². The van der Waals surface area contributed by atoms with Gasteiger partial charge in [0.15, 0.2) is 0 Å². The van der Waals surface area contributed by atoms with Crippen LogP contribution >= 0.6 is 0 Å². The number of ether oxygens (including phenoxy) is 3. The van der Waals surface area contributed by atoms with Crippen molar-refractivity contribution >= 4 is 5.97 Å². The van der Waals surface area contributed by atoms with E-state index in [1.165, 1.54) is 39.2 Å². The van der Waals surface area contributed by atoms with Crippen molar-refractivity contribution in [2.75, 3.05) is 33.5 Å². The molecule has 0 spiro atoms. The molecule has 0 fully saturated rings. The van der Waals surface area contributed by atoms with Gasteiger partial charge in [0, 0.05) is 6.61 Å². The molecule has 0 saturated carbocycles. The van der Waals surface area contributed by atoms with Crippen LogP contribution in [0.4, 0.5) is 0 Å². The fraction of sp³-hybridized carbons (Fsp3) is 0.929. The van der Waals surface area contributed by atoms with E-state index >= 15 is 0 Å². The largest absolute Gasteiger partial charge is 0.469 e. The van der Waals surface area contributed by atoms with Crippen molar-refractivity contribution in [1.29, 1.82) is 0 Å². The van der Waals surface area contributed by atoms with Crippen LogP contribution in [0.5, 0.6) is 0 Å². The molecule has 0 unspecified atom stereocenters. The van der Waals surface area contributed by atoms with Gasteiger partial charge in [0.25, 0.3) is 0 Å². The van der Waals surface area contributed by atoms with Gasteiger partial charge in [-0.25, -0.2) is 0 Å². The number of rotatable bonds is 13. The first-order valence-corrected chi connectivity index (χ1v) is 7.03. The molecule has 0 aromatic carbocycles. The highest BCUT2D eigenvalue weighted by Crippen LogP contribution is 2.04. The van der Waals surface area contributed by atoms with Crippen molar-refractivity contribution in [3.05, 3.63) is 0 Å². The third-order valence-corrected chi connectivity index (χ3v) is 2.69. The lowest BCUT2D eigenvalue weighted by Crippen LogP contribution is -2.09. The Bertz CT molecular complexity index is 183. The van der Waals surface area contributed by atoms with E-state index < -0.39 is 0 Å². The minimum absolute atomic E-state index is 0.233. The van der Waals surface area contributed by atoms with Gasteiger partial charge in [-0.2, -0.15) is 0 Å². The highest BCUT2D eigenvalue weighted by molar-refractivity contribution is 5.69. The van der Waals surface area contributed by atoms with Gasteiger partial charge in [0.2, 0.25) is 0 Å². The van der Waals surface area contributed by atoms with Gasteiger partial charge in [0.1, 0.15) is 0 Å². The molecule has 0 amide bonds. The molecule has 108 valence electrons. The molecule has 0 aliphatic rings. The van der Waals surface area contributed by atoms with Gasteiger partial charge in [-0.1, -0.05) is 39.0 Å². The van der Waals surface area contributed by atoms with Crippen LogP contribution in [0.25, 0.3) is 0 Å². The molecule has 4 nitrogen and oxygen atoms in total. The van der Waals surface area contributed by atoms with Crippen LogP contribution in [0, 0.1) is 0 Å². The van der Waals surface area contributed by atoms with Crippen LogP contribution in [0.15, 0.2) is 0 Å². The number of esters is 1. The molecule has 0 aromatic heterocycles. The normalized spacial score (nSPS) is 10.6. The van der Waals surface area contributed by atoms with Gasteiger partial charge in [-0.3, -0.25) is 4.79 Å². The van der Waals surface area contributed by atoms with E-state index in [-0.39, 0.29) is 5.97 Å². The van der Waals surface area contributed by atoms with E-state index in [9.17, 15) is 4.79 Å². The lowest BCUT2D eigenvalue weighted by molar-refractivity contribution is -0.141. The summed E-state index contributed by atoms with van der Waals surface area (Å²) in [6.07, 6.45) is 7.98.